The van der Waals surface area contributed by atoms with E-state index in [0.717, 1.165) is 5.66 Å². The topological polar surface area (TPSA) is 0 Å². The van der Waals surface area contributed by atoms with Gasteiger partial charge in [-0.1, -0.05) is 13.2 Å². The van der Waals surface area contributed by atoms with Gasteiger partial charge in [-0.2, -0.15) is 0 Å². The van der Waals surface area contributed by atoms with E-state index in [9.17, 15) is 0 Å². The van der Waals surface area contributed by atoms with Gasteiger partial charge in [0.15, 0.2) is 0 Å². The Balaban J connectivity index is 2.54. The minimum Gasteiger partial charge on any atom is -0.135 e. The minimum absolute atomic E-state index is 0.801. The molecule has 0 rings (SSSR count). The first-order valence-electron chi connectivity index (χ1n) is 2.03. The van der Waals surface area contributed by atoms with Gasteiger partial charge in [0, 0.05) is 0 Å². The van der Waals surface area contributed by atoms with Crippen molar-refractivity contribution in [1.82, 2.24) is 0 Å². The normalized spacial score (nSPS) is 14.8. The summed E-state index contributed by atoms with van der Waals surface area (Å²) in [6.07, 6.45) is 1.27. The number of hydrogen-bond donors (Lipinski definition) is 0. The lowest BCUT2D eigenvalue weighted by molar-refractivity contribution is 1.11. The molecule has 0 N–H and O–H groups in total. The first-order chi connectivity index (χ1) is 2.27. The molecule has 2 heteroatoms. The van der Waals surface area contributed by atoms with Crippen molar-refractivity contribution in [3.05, 3.63) is 0 Å². The van der Waals surface area contributed by atoms with Gasteiger partial charge in [0.05, 0.1) is 0 Å². The molecule has 0 nitrogen and oxygen atoms in total. The summed E-state index contributed by atoms with van der Waals surface area (Å²) in [5, 5.41) is 0. The van der Waals surface area contributed by atoms with Gasteiger partial charge in [0.1, 0.15) is 7.85 Å². The maximum absolute atomic E-state index is 2.73. The average Bonchev–Trinajstić information content (AvgIpc) is 1.38. The van der Waals surface area contributed by atoms with Crippen LogP contribution >= 0.6 is 9.24 Å². The summed E-state index contributed by atoms with van der Waals surface area (Å²) in [5.74, 6) is 0. The Labute approximate surface area is 37.0 Å². The highest BCUT2D eigenvalue weighted by molar-refractivity contribution is 7.17. The molecular weight excluding hydrogens is 77.8 g/mol. The van der Waals surface area contributed by atoms with E-state index in [0.29, 0.717) is 0 Å². The molecule has 30 valence electrons. The predicted molar refractivity (Wildman–Crippen MR) is 32.5 cm³/mol. The van der Waals surface area contributed by atoms with Crippen molar-refractivity contribution in [3.8, 4) is 0 Å². The molecule has 0 aliphatic rings. The van der Waals surface area contributed by atoms with Gasteiger partial charge in [-0.3, -0.25) is 0 Å². The Morgan fingerprint density at radius 1 is 2.00 bits per heavy atom. The molecule has 0 radical (unpaired) electrons. The zero-order chi connectivity index (χ0) is 4.28. The fourth-order valence-corrected chi connectivity index (χ4v) is 0. The zero-order valence-electron chi connectivity index (χ0n) is 3.86. The van der Waals surface area contributed by atoms with E-state index in [1.807, 2.05) is 0 Å². The third kappa shape index (κ3) is 4.49. The van der Waals surface area contributed by atoms with Gasteiger partial charge in [-0.05, 0) is 5.66 Å². The van der Waals surface area contributed by atoms with Crippen molar-refractivity contribution in [2.75, 3.05) is 0 Å². The maximum Gasteiger partial charge on any atom is 0.102 e. The van der Waals surface area contributed by atoms with E-state index in [4.69, 9.17) is 0 Å². The molecule has 5 heavy (non-hydrogen) atoms. The fourth-order valence-electron chi connectivity index (χ4n) is 0. The molecule has 2 atom stereocenters. The second-order valence-electron chi connectivity index (χ2n) is 1.39. The summed E-state index contributed by atoms with van der Waals surface area (Å²) in [4.78, 5) is 0. The van der Waals surface area contributed by atoms with Crippen LogP contribution in [0.2, 0.25) is 6.32 Å². The average molecular weight is 87.9 g/mol. The Hall–Kier alpha value is 0.495. The van der Waals surface area contributed by atoms with Gasteiger partial charge in [0.25, 0.3) is 0 Å². The summed E-state index contributed by atoms with van der Waals surface area (Å²) in [6, 6.07) is 0. The lowest BCUT2D eigenvalue weighted by Crippen LogP contribution is -1.83. The molecule has 0 fully saturated rings. The molecular formula is C3H10BP. The van der Waals surface area contributed by atoms with Crippen molar-refractivity contribution in [1.29, 1.82) is 0 Å². The van der Waals surface area contributed by atoms with E-state index in [-0.39, 0.29) is 0 Å². The third-order valence-electron chi connectivity index (χ3n) is 0.644. The number of rotatable bonds is 1. The van der Waals surface area contributed by atoms with Crippen LogP contribution in [0.1, 0.15) is 6.92 Å². The molecule has 0 aromatic rings. The molecule has 0 heterocycles. The lowest BCUT2D eigenvalue weighted by atomic mass is 10.0. The van der Waals surface area contributed by atoms with Crippen molar-refractivity contribution in [2.45, 2.75) is 18.9 Å². The standard InChI is InChI=1S/C3H10BP/c1-3(5)2-4/h3H,2,4-5H2,1H3. The smallest absolute Gasteiger partial charge is 0.102 e. The Bertz CT molecular complexity index is 20.9. The van der Waals surface area contributed by atoms with Crippen molar-refractivity contribution in [2.24, 2.45) is 0 Å². The summed E-state index contributed by atoms with van der Waals surface area (Å²) in [5.41, 5.74) is 0.801. The first kappa shape index (κ1) is 5.49. The molecule has 0 bridgehead atoms. The maximum atomic E-state index is 2.73. The Morgan fingerprint density at radius 3 is 2.20 bits per heavy atom. The van der Waals surface area contributed by atoms with Crippen LogP contribution in [-0.2, 0) is 0 Å². The van der Waals surface area contributed by atoms with E-state index in [2.05, 4.69) is 24.0 Å². The molecule has 0 aliphatic heterocycles. The Kier molecular flexibility index (Phi) is 2.99. The summed E-state index contributed by atoms with van der Waals surface area (Å²) >= 11 is 0. The van der Waals surface area contributed by atoms with Crippen molar-refractivity contribution < 1.29 is 0 Å². The van der Waals surface area contributed by atoms with Gasteiger partial charge in [-0.25, -0.2) is 0 Å². The van der Waals surface area contributed by atoms with Crippen LogP contribution in [0.25, 0.3) is 0 Å². The molecule has 0 amide bonds. The van der Waals surface area contributed by atoms with Gasteiger partial charge in [-0.15, -0.1) is 9.24 Å². The monoisotopic (exact) mass is 88.1 g/mol. The van der Waals surface area contributed by atoms with Crippen LogP contribution in [0.3, 0.4) is 0 Å². The van der Waals surface area contributed by atoms with Crippen LogP contribution in [0, 0.1) is 0 Å². The molecule has 0 spiro atoms. The molecule has 0 saturated heterocycles. The van der Waals surface area contributed by atoms with Crippen LogP contribution in [0.4, 0.5) is 0 Å². The molecule has 2 unspecified atom stereocenters. The highest BCUT2D eigenvalue weighted by Gasteiger charge is 1.80. The first-order valence-corrected chi connectivity index (χ1v) is 2.69. The van der Waals surface area contributed by atoms with E-state index in [1.54, 1.807) is 0 Å². The number of hydrogen-bond acceptors (Lipinski definition) is 0. The van der Waals surface area contributed by atoms with Crippen LogP contribution < -0.4 is 0 Å². The van der Waals surface area contributed by atoms with E-state index in [1.165, 1.54) is 6.32 Å². The van der Waals surface area contributed by atoms with Gasteiger partial charge >= 0.3 is 0 Å². The van der Waals surface area contributed by atoms with Crippen molar-refractivity contribution >= 4 is 17.1 Å². The third-order valence-corrected chi connectivity index (χ3v) is 1.12. The molecule has 0 aliphatic carbocycles. The summed E-state index contributed by atoms with van der Waals surface area (Å²) in [7, 11) is 4.91. The van der Waals surface area contributed by atoms with Crippen molar-refractivity contribution in [3.63, 3.8) is 0 Å². The van der Waals surface area contributed by atoms with Gasteiger partial charge < -0.3 is 0 Å². The SMILES string of the molecule is BCC(C)P. The lowest BCUT2D eigenvalue weighted by Gasteiger charge is -1.90. The summed E-state index contributed by atoms with van der Waals surface area (Å²) in [6.45, 7) is 2.19. The summed E-state index contributed by atoms with van der Waals surface area (Å²) < 4.78 is 0. The van der Waals surface area contributed by atoms with E-state index >= 15 is 0 Å². The quantitative estimate of drug-likeness (QED) is 0.319. The van der Waals surface area contributed by atoms with Crippen LogP contribution in [0.15, 0.2) is 0 Å². The Morgan fingerprint density at radius 2 is 2.20 bits per heavy atom. The van der Waals surface area contributed by atoms with Crippen LogP contribution in [0.5, 0.6) is 0 Å². The highest BCUT2D eigenvalue weighted by Crippen LogP contribution is 1.98. The van der Waals surface area contributed by atoms with E-state index < -0.39 is 0 Å². The fraction of sp³-hybridized carbons (Fsp3) is 1.00. The zero-order valence-corrected chi connectivity index (χ0v) is 5.02. The molecule has 0 aromatic heterocycles. The van der Waals surface area contributed by atoms with Gasteiger partial charge in [0.2, 0.25) is 0 Å². The molecule has 0 saturated carbocycles. The minimum atomic E-state index is 0.801. The largest absolute Gasteiger partial charge is 0.135 e. The second-order valence-corrected chi connectivity index (χ2v) is 2.52. The van der Waals surface area contributed by atoms with Crippen LogP contribution in [-0.4, -0.2) is 13.5 Å². The highest BCUT2D eigenvalue weighted by atomic mass is 31.0. The predicted octanol–water partition coefficient (Wildman–Crippen LogP) is 0.301. The second kappa shape index (κ2) is 2.72. The molecule has 0 aromatic carbocycles.